The third kappa shape index (κ3) is 8.83. The van der Waals surface area contributed by atoms with Crippen LogP contribution in [0.2, 0.25) is 36.3 Å². The zero-order chi connectivity index (χ0) is 40.1. The Morgan fingerprint density at radius 1 is 0.792 bits per heavy atom. The molecule has 10 heteroatoms. The minimum absolute atomic E-state index is 0.0417. The molecule has 0 bridgehead atoms. The molecule has 0 heterocycles. The van der Waals surface area contributed by atoms with E-state index < -0.39 is 28.8 Å². The van der Waals surface area contributed by atoms with Gasteiger partial charge in [-0.15, -0.1) is 0 Å². The number of carbonyl (C=O) groups is 2. The van der Waals surface area contributed by atoms with E-state index in [1.807, 2.05) is 0 Å². The molecule has 0 spiro atoms. The largest absolute Gasteiger partial charge is 0.403 e. The molecule has 0 aromatic heterocycles. The summed E-state index contributed by atoms with van der Waals surface area (Å²) in [7, 11) is 2.63. The maximum atomic E-state index is 13.7. The Morgan fingerprint density at radius 2 is 1.30 bits per heavy atom. The molecule has 8 nitrogen and oxygen atoms in total. The van der Waals surface area contributed by atoms with Gasteiger partial charge in [0.15, 0.2) is 16.6 Å². The first kappa shape index (κ1) is 44.4. The Balaban J connectivity index is 1.69. The molecule has 3 fully saturated rings. The Bertz CT molecular complexity index is 1390. The van der Waals surface area contributed by atoms with Crippen molar-refractivity contribution < 1.29 is 27.9 Å². The van der Waals surface area contributed by atoms with Gasteiger partial charge in [0.05, 0.1) is 25.4 Å². The van der Waals surface area contributed by atoms with Gasteiger partial charge in [-0.05, 0) is 91.5 Å². The first-order valence-electron chi connectivity index (χ1n) is 20.6. The van der Waals surface area contributed by atoms with Crippen molar-refractivity contribution in [3.05, 3.63) is 23.3 Å². The summed E-state index contributed by atoms with van der Waals surface area (Å²) in [6.07, 6.45) is 10.9. The number of ether oxygens (including phenoxy) is 2. The summed E-state index contributed by atoms with van der Waals surface area (Å²) in [4.78, 5) is 30.5. The second kappa shape index (κ2) is 15.9. The van der Waals surface area contributed by atoms with Gasteiger partial charge >= 0.3 is 0 Å². The molecule has 0 aromatic carbocycles. The lowest BCUT2D eigenvalue weighted by Gasteiger charge is -2.57. The molecule has 0 N–H and O–H groups in total. The minimum Gasteiger partial charge on any atom is -0.403 e. The van der Waals surface area contributed by atoms with Crippen molar-refractivity contribution in [2.75, 3.05) is 41.4 Å². The van der Waals surface area contributed by atoms with Crippen LogP contribution in [0.25, 0.3) is 0 Å². The molecule has 304 valence electrons. The zero-order valence-electron chi connectivity index (χ0n) is 36.9. The first-order valence-corrected chi connectivity index (χ1v) is 26.4. The van der Waals surface area contributed by atoms with Crippen molar-refractivity contribution in [3.63, 3.8) is 0 Å². The van der Waals surface area contributed by atoms with E-state index in [0.717, 1.165) is 18.8 Å². The molecule has 0 saturated heterocycles. The number of allylic oxidation sites excluding steroid dienone is 3. The third-order valence-corrected chi connectivity index (χ3v) is 24.1. The number of fused-ring (bicyclic) bond motifs is 5. The molecule has 4 aliphatic carbocycles. The maximum absolute atomic E-state index is 13.7. The fraction of sp³-hybridized carbons (Fsp3) is 0.860. The van der Waals surface area contributed by atoms with Crippen LogP contribution in [0.3, 0.4) is 0 Å². The summed E-state index contributed by atoms with van der Waals surface area (Å²) in [5.74, 6) is 1.65. The highest BCUT2D eigenvalue weighted by Gasteiger charge is 2.59. The standard InChI is InChI=1S/C43H78N2O6Si2/c1-18-29-20-22-33-32-21-19-30-25-31(48-27-35(38(46)44(10)11)50-52(14,15)40(2,3)4)26-37(43(30,9)34(32)23-24-42(29,33)8)49-28-36(39(47)45(12)13)51-53(16,17)41(5,6)7/h19,21,29,31,33-37H,18,20,22-28H2,1-17H3/t29-,31?,33-,34-,35?,36?,37?,42+,43-/m0/s1. The second-order valence-electron chi connectivity index (χ2n) is 20.9. The number of hydrogen-bond acceptors (Lipinski definition) is 6. The summed E-state index contributed by atoms with van der Waals surface area (Å²) in [5, 5.41) is -0.0914. The van der Waals surface area contributed by atoms with Crippen molar-refractivity contribution in [1.29, 1.82) is 0 Å². The molecule has 4 rings (SSSR count). The van der Waals surface area contributed by atoms with E-state index in [1.165, 1.54) is 31.3 Å². The van der Waals surface area contributed by atoms with E-state index in [9.17, 15) is 9.59 Å². The lowest BCUT2D eigenvalue weighted by atomic mass is 9.49. The van der Waals surface area contributed by atoms with Crippen LogP contribution >= 0.6 is 0 Å². The van der Waals surface area contributed by atoms with Crippen LogP contribution in [-0.4, -0.2) is 104 Å². The second-order valence-corrected chi connectivity index (χ2v) is 30.4. The van der Waals surface area contributed by atoms with Gasteiger partial charge in [0.1, 0.15) is 12.2 Å². The molecule has 0 radical (unpaired) electrons. The summed E-state index contributed by atoms with van der Waals surface area (Å²) in [5.41, 5.74) is 3.11. The maximum Gasteiger partial charge on any atom is 0.252 e. The fourth-order valence-corrected chi connectivity index (χ4v) is 12.0. The highest BCUT2D eigenvalue weighted by atomic mass is 28.4. The third-order valence-electron chi connectivity index (χ3n) is 15.1. The first-order chi connectivity index (χ1) is 24.2. The Morgan fingerprint density at radius 3 is 1.77 bits per heavy atom. The quantitative estimate of drug-likeness (QED) is 0.174. The van der Waals surface area contributed by atoms with Crippen molar-refractivity contribution in [3.8, 4) is 0 Å². The lowest BCUT2D eigenvalue weighted by molar-refractivity contribution is -0.151. The van der Waals surface area contributed by atoms with E-state index >= 15 is 0 Å². The van der Waals surface area contributed by atoms with Crippen molar-refractivity contribution in [2.24, 2.45) is 28.6 Å². The van der Waals surface area contributed by atoms with E-state index in [0.29, 0.717) is 23.7 Å². The summed E-state index contributed by atoms with van der Waals surface area (Å²) < 4.78 is 27.4. The van der Waals surface area contributed by atoms with Gasteiger partial charge in [-0.1, -0.05) is 92.0 Å². The number of likely N-dealkylation sites (N-methyl/N-ethyl adjacent to an activating group) is 2. The predicted molar refractivity (Wildman–Crippen MR) is 222 cm³/mol. The van der Waals surface area contributed by atoms with Crippen LogP contribution in [0, 0.1) is 28.6 Å². The molecule has 3 saturated carbocycles. The molecular formula is C43H78N2O6Si2. The molecule has 9 atom stereocenters. The lowest BCUT2D eigenvalue weighted by Crippen LogP contribution is -2.55. The normalized spacial score (nSPS) is 31.8. The molecule has 4 unspecified atom stereocenters. The van der Waals surface area contributed by atoms with Crippen molar-refractivity contribution in [1.82, 2.24) is 9.80 Å². The van der Waals surface area contributed by atoms with E-state index in [4.69, 9.17) is 18.3 Å². The molecule has 0 aliphatic heterocycles. The van der Waals surface area contributed by atoms with E-state index in [1.54, 1.807) is 43.6 Å². The predicted octanol–water partition coefficient (Wildman–Crippen LogP) is 9.23. The summed E-state index contributed by atoms with van der Waals surface area (Å²) in [6, 6.07) is 0. The smallest absolute Gasteiger partial charge is 0.252 e. The summed E-state index contributed by atoms with van der Waals surface area (Å²) in [6.45, 7) is 29.8. The van der Waals surface area contributed by atoms with Gasteiger partial charge in [0.25, 0.3) is 11.8 Å². The number of rotatable bonds is 13. The van der Waals surface area contributed by atoms with Crippen LogP contribution < -0.4 is 0 Å². The molecule has 0 aromatic rings. The molecular weight excluding hydrogens is 697 g/mol. The average Bonchev–Trinajstić information content (AvgIpc) is 3.39. The Kier molecular flexibility index (Phi) is 13.3. The van der Waals surface area contributed by atoms with Gasteiger partial charge in [-0.3, -0.25) is 9.59 Å². The van der Waals surface area contributed by atoms with Gasteiger partial charge in [0, 0.05) is 40.0 Å². The molecule has 53 heavy (non-hydrogen) atoms. The topological polar surface area (TPSA) is 77.5 Å². The number of carbonyl (C=O) groups excluding carboxylic acids is 2. The van der Waals surface area contributed by atoms with Gasteiger partial charge in [-0.25, -0.2) is 0 Å². The number of amides is 2. The highest BCUT2D eigenvalue weighted by Crippen LogP contribution is 2.65. The number of hydrogen-bond donors (Lipinski definition) is 0. The fourth-order valence-electron chi connectivity index (χ4n) is 9.53. The SMILES string of the molecule is CC[C@H]1CC[C@H]2C3=CC=C4CC(OCC(O[Si](C)(C)C(C)(C)C)C(=O)N(C)C)CC(OCC(O[Si](C)(C)C(C)(C)C)C(=O)N(C)C)[C@]4(C)[C@H]3CC[C@]12C. The Labute approximate surface area is 326 Å². The minimum atomic E-state index is -2.29. The van der Waals surface area contributed by atoms with Crippen LogP contribution in [0.5, 0.6) is 0 Å². The monoisotopic (exact) mass is 775 g/mol. The summed E-state index contributed by atoms with van der Waals surface area (Å²) >= 11 is 0. The van der Waals surface area contributed by atoms with Crippen LogP contribution in [-0.2, 0) is 27.9 Å². The van der Waals surface area contributed by atoms with Crippen molar-refractivity contribution in [2.45, 2.75) is 168 Å². The Hall–Kier alpha value is -1.31. The van der Waals surface area contributed by atoms with Crippen molar-refractivity contribution >= 4 is 28.4 Å². The molecule has 4 aliphatic rings. The van der Waals surface area contributed by atoms with Crippen LogP contribution in [0.1, 0.15) is 107 Å². The zero-order valence-corrected chi connectivity index (χ0v) is 38.9. The van der Waals surface area contributed by atoms with Crippen LogP contribution in [0.4, 0.5) is 0 Å². The average molecular weight is 775 g/mol. The van der Waals surface area contributed by atoms with E-state index in [-0.39, 0.29) is 52.7 Å². The van der Waals surface area contributed by atoms with Crippen LogP contribution in [0.15, 0.2) is 23.3 Å². The van der Waals surface area contributed by atoms with Gasteiger partial charge in [0.2, 0.25) is 0 Å². The molecule has 2 amide bonds. The van der Waals surface area contributed by atoms with Gasteiger partial charge < -0.3 is 28.1 Å². The van der Waals surface area contributed by atoms with E-state index in [2.05, 4.69) is 101 Å². The number of nitrogens with zero attached hydrogens (tertiary/aromatic N) is 2. The van der Waals surface area contributed by atoms with Gasteiger partial charge in [-0.2, -0.15) is 0 Å². The highest BCUT2D eigenvalue weighted by molar-refractivity contribution is 6.74.